The van der Waals surface area contributed by atoms with Crippen LogP contribution in [0.4, 0.5) is 5.69 Å². The molecular weight excluding hydrogens is 226 g/mol. The van der Waals surface area contributed by atoms with Gasteiger partial charge in [-0.1, -0.05) is 18.2 Å². The Morgan fingerprint density at radius 2 is 2.11 bits per heavy atom. The second kappa shape index (κ2) is 5.93. The lowest BCUT2D eigenvalue weighted by Crippen LogP contribution is -2.13. The third kappa shape index (κ3) is 3.15. The fraction of sp³-hybridized carbons (Fsp3) is 0.143. The number of hydrogen-bond donors (Lipinski definition) is 2. The molecule has 0 unspecified atom stereocenters. The molecule has 92 valence electrons. The number of hydrogen-bond acceptors (Lipinski definition) is 3. The molecule has 0 saturated heterocycles. The SMILES string of the molecule is CNCc1cccc(NC(=O)c2ccccn2)c1. The van der Waals surface area contributed by atoms with Gasteiger partial charge in [-0.25, -0.2) is 0 Å². The van der Waals surface area contributed by atoms with Gasteiger partial charge in [0, 0.05) is 18.4 Å². The number of carbonyl (C=O) groups is 1. The van der Waals surface area contributed by atoms with Crippen molar-refractivity contribution in [2.45, 2.75) is 6.54 Å². The van der Waals surface area contributed by atoms with Gasteiger partial charge >= 0.3 is 0 Å². The topological polar surface area (TPSA) is 54.0 Å². The zero-order valence-electron chi connectivity index (χ0n) is 10.2. The minimum atomic E-state index is -0.197. The highest BCUT2D eigenvalue weighted by atomic mass is 16.1. The molecule has 0 atom stereocenters. The van der Waals surface area contributed by atoms with E-state index in [0.29, 0.717) is 5.69 Å². The molecule has 2 aromatic rings. The third-order valence-electron chi connectivity index (χ3n) is 2.46. The minimum Gasteiger partial charge on any atom is -0.321 e. The van der Waals surface area contributed by atoms with Crippen LogP contribution in [0.3, 0.4) is 0 Å². The van der Waals surface area contributed by atoms with Gasteiger partial charge in [0.15, 0.2) is 0 Å². The van der Waals surface area contributed by atoms with Gasteiger partial charge < -0.3 is 10.6 Å². The summed E-state index contributed by atoms with van der Waals surface area (Å²) in [7, 11) is 1.89. The summed E-state index contributed by atoms with van der Waals surface area (Å²) in [5.74, 6) is -0.197. The van der Waals surface area contributed by atoms with Crippen molar-refractivity contribution < 1.29 is 4.79 Å². The molecule has 2 N–H and O–H groups in total. The largest absolute Gasteiger partial charge is 0.321 e. The molecule has 4 heteroatoms. The number of nitrogens with one attached hydrogen (secondary N) is 2. The molecule has 18 heavy (non-hydrogen) atoms. The van der Waals surface area contributed by atoms with Gasteiger partial charge in [-0.15, -0.1) is 0 Å². The first kappa shape index (κ1) is 12.3. The Morgan fingerprint density at radius 1 is 1.22 bits per heavy atom. The number of anilines is 1. The summed E-state index contributed by atoms with van der Waals surface area (Å²) in [6.07, 6.45) is 1.60. The maximum atomic E-state index is 11.9. The van der Waals surface area contributed by atoms with E-state index < -0.39 is 0 Å². The van der Waals surface area contributed by atoms with Gasteiger partial charge in [0.2, 0.25) is 0 Å². The average molecular weight is 241 g/mol. The van der Waals surface area contributed by atoms with E-state index in [1.165, 1.54) is 0 Å². The van der Waals surface area contributed by atoms with Gasteiger partial charge in [0.1, 0.15) is 5.69 Å². The van der Waals surface area contributed by atoms with Crippen molar-refractivity contribution in [1.82, 2.24) is 10.3 Å². The summed E-state index contributed by atoms with van der Waals surface area (Å²) in [4.78, 5) is 15.9. The molecule has 1 heterocycles. The van der Waals surface area contributed by atoms with Gasteiger partial charge in [-0.3, -0.25) is 9.78 Å². The number of carbonyl (C=O) groups excluding carboxylic acids is 1. The average Bonchev–Trinajstić information content (AvgIpc) is 2.40. The molecular formula is C14H15N3O. The summed E-state index contributed by atoms with van der Waals surface area (Å²) in [5.41, 5.74) is 2.31. The van der Waals surface area contributed by atoms with Crippen LogP contribution in [0.1, 0.15) is 16.1 Å². The lowest BCUT2D eigenvalue weighted by atomic mass is 10.2. The van der Waals surface area contributed by atoms with Crippen molar-refractivity contribution in [2.24, 2.45) is 0 Å². The fourth-order valence-corrected chi connectivity index (χ4v) is 1.66. The molecule has 2 rings (SSSR count). The molecule has 1 aromatic heterocycles. The summed E-state index contributed by atoms with van der Waals surface area (Å²) >= 11 is 0. The molecule has 0 saturated carbocycles. The molecule has 0 bridgehead atoms. The van der Waals surface area contributed by atoms with Crippen LogP contribution in [0, 0.1) is 0 Å². The van der Waals surface area contributed by atoms with E-state index in [0.717, 1.165) is 17.8 Å². The molecule has 1 aromatic carbocycles. The van der Waals surface area contributed by atoms with Crippen LogP contribution in [0.25, 0.3) is 0 Å². The van der Waals surface area contributed by atoms with Gasteiger partial charge in [0.05, 0.1) is 0 Å². The first-order chi connectivity index (χ1) is 8.79. The van der Waals surface area contributed by atoms with Crippen molar-refractivity contribution in [3.63, 3.8) is 0 Å². The van der Waals surface area contributed by atoms with E-state index in [1.807, 2.05) is 31.3 Å². The van der Waals surface area contributed by atoms with Crippen molar-refractivity contribution in [3.05, 3.63) is 59.9 Å². The monoisotopic (exact) mass is 241 g/mol. The van der Waals surface area contributed by atoms with Crippen molar-refractivity contribution >= 4 is 11.6 Å². The Labute approximate surface area is 106 Å². The predicted molar refractivity (Wildman–Crippen MR) is 71.4 cm³/mol. The number of nitrogens with zero attached hydrogens (tertiary/aromatic N) is 1. The number of pyridine rings is 1. The third-order valence-corrected chi connectivity index (χ3v) is 2.46. The quantitative estimate of drug-likeness (QED) is 0.861. The van der Waals surface area contributed by atoms with Crippen LogP contribution >= 0.6 is 0 Å². The standard InChI is InChI=1S/C14H15N3O/c1-15-10-11-5-4-6-12(9-11)17-14(18)13-7-2-3-8-16-13/h2-9,15H,10H2,1H3,(H,17,18). The van der Waals surface area contributed by atoms with E-state index in [1.54, 1.807) is 24.4 Å². The maximum Gasteiger partial charge on any atom is 0.274 e. The van der Waals surface area contributed by atoms with Crippen molar-refractivity contribution in [2.75, 3.05) is 12.4 Å². The molecule has 1 amide bonds. The number of rotatable bonds is 4. The van der Waals surface area contributed by atoms with Gasteiger partial charge in [0.25, 0.3) is 5.91 Å². The van der Waals surface area contributed by atoms with E-state index in [-0.39, 0.29) is 5.91 Å². The Balaban J connectivity index is 2.10. The Kier molecular flexibility index (Phi) is 4.04. The Morgan fingerprint density at radius 3 is 2.83 bits per heavy atom. The first-order valence-electron chi connectivity index (χ1n) is 5.75. The summed E-state index contributed by atoms with van der Waals surface area (Å²) in [6, 6.07) is 13.0. The van der Waals surface area contributed by atoms with Gasteiger partial charge in [-0.2, -0.15) is 0 Å². The van der Waals surface area contributed by atoms with Crippen LogP contribution in [-0.4, -0.2) is 17.9 Å². The molecule has 0 spiro atoms. The lowest BCUT2D eigenvalue weighted by Gasteiger charge is -2.06. The van der Waals surface area contributed by atoms with Crippen LogP contribution in [0.15, 0.2) is 48.7 Å². The van der Waals surface area contributed by atoms with E-state index in [2.05, 4.69) is 15.6 Å². The molecule has 0 aliphatic rings. The second-order valence-corrected chi connectivity index (χ2v) is 3.90. The second-order valence-electron chi connectivity index (χ2n) is 3.90. The molecule has 0 aliphatic heterocycles. The van der Waals surface area contributed by atoms with E-state index in [4.69, 9.17) is 0 Å². The number of aromatic nitrogens is 1. The lowest BCUT2D eigenvalue weighted by molar-refractivity contribution is 0.102. The van der Waals surface area contributed by atoms with Gasteiger partial charge in [-0.05, 0) is 36.9 Å². The summed E-state index contributed by atoms with van der Waals surface area (Å²) < 4.78 is 0. The molecule has 4 nitrogen and oxygen atoms in total. The fourth-order valence-electron chi connectivity index (χ4n) is 1.66. The maximum absolute atomic E-state index is 11.9. The van der Waals surface area contributed by atoms with Crippen LogP contribution < -0.4 is 10.6 Å². The number of amides is 1. The van der Waals surface area contributed by atoms with E-state index in [9.17, 15) is 4.79 Å². The number of benzene rings is 1. The minimum absolute atomic E-state index is 0.197. The summed E-state index contributed by atoms with van der Waals surface area (Å²) in [5, 5.41) is 5.90. The highest BCUT2D eigenvalue weighted by molar-refractivity contribution is 6.02. The highest BCUT2D eigenvalue weighted by Gasteiger charge is 2.06. The molecule has 0 radical (unpaired) electrons. The molecule has 0 aliphatic carbocycles. The normalized spacial score (nSPS) is 10.1. The highest BCUT2D eigenvalue weighted by Crippen LogP contribution is 2.11. The summed E-state index contributed by atoms with van der Waals surface area (Å²) in [6.45, 7) is 0.771. The van der Waals surface area contributed by atoms with Crippen LogP contribution in [0.2, 0.25) is 0 Å². The van der Waals surface area contributed by atoms with E-state index >= 15 is 0 Å². The smallest absolute Gasteiger partial charge is 0.274 e. The zero-order valence-corrected chi connectivity index (χ0v) is 10.2. The first-order valence-corrected chi connectivity index (χ1v) is 5.75. The predicted octanol–water partition coefficient (Wildman–Crippen LogP) is 2.05. The van der Waals surface area contributed by atoms with Crippen molar-refractivity contribution in [1.29, 1.82) is 0 Å². The Hall–Kier alpha value is -2.20. The Bertz CT molecular complexity index is 526. The zero-order chi connectivity index (χ0) is 12.8. The molecule has 0 fully saturated rings. The van der Waals surface area contributed by atoms with Crippen molar-refractivity contribution in [3.8, 4) is 0 Å². The van der Waals surface area contributed by atoms with Crippen LogP contribution in [0.5, 0.6) is 0 Å². The van der Waals surface area contributed by atoms with Crippen LogP contribution in [-0.2, 0) is 6.54 Å².